The molecular weight excluding hydrogens is 278 g/mol. The summed E-state index contributed by atoms with van der Waals surface area (Å²) in [6.07, 6.45) is 8.81. The lowest BCUT2D eigenvalue weighted by Gasteiger charge is -2.87. The van der Waals surface area contributed by atoms with Crippen LogP contribution >= 0.6 is 0 Å². The third-order valence-corrected chi connectivity index (χ3v) is 9.96. The Morgan fingerprint density at radius 3 is 2.48 bits per heavy atom. The molecule has 23 heavy (non-hydrogen) atoms. The minimum absolute atomic E-state index is 0.687. The van der Waals surface area contributed by atoms with Crippen LogP contribution in [0.15, 0.2) is 0 Å². The summed E-state index contributed by atoms with van der Waals surface area (Å²) in [6.45, 7) is 13.4. The average Bonchev–Trinajstić information content (AvgIpc) is 2.92. The normalized spacial score (nSPS) is 56.1. The summed E-state index contributed by atoms with van der Waals surface area (Å²) in [5.74, 6) is 7.77. The SMILES string of the molecule is CCC(C)C(CN)C1CC2C1C1(C)C2C(CC)C12CCC(C)C2. The minimum Gasteiger partial charge on any atom is -0.330 e. The highest BCUT2D eigenvalue weighted by Gasteiger charge is 2.83. The van der Waals surface area contributed by atoms with Crippen molar-refractivity contribution in [2.45, 2.75) is 73.1 Å². The average molecular weight is 318 g/mol. The molecule has 4 aliphatic carbocycles. The molecule has 1 spiro atoms. The van der Waals surface area contributed by atoms with Crippen LogP contribution in [0, 0.1) is 58.2 Å². The van der Waals surface area contributed by atoms with Gasteiger partial charge in [0, 0.05) is 0 Å². The van der Waals surface area contributed by atoms with Crippen molar-refractivity contribution in [3.05, 3.63) is 0 Å². The monoisotopic (exact) mass is 317 g/mol. The second-order valence-electron chi connectivity index (χ2n) is 10.2. The van der Waals surface area contributed by atoms with E-state index >= 15 is 0 Å². The van der Waals surface area contributed by atoms with Gasteiger partial charge in [-0.15, -0.1) is 0 Å². The summed E-state index contributed by atoms with van der Waals surface area (Å²) in [5, 5.41) is 0. The van der Waals surface area contributed by atoms with E-state index in [-0.39, 0.29) is 0 Å². The van der Waals surface area contributed by atoms with Crippen LogP contribution < -0.4 is 5.73 Å². The van der Waals surface area contributed by atoms with Gasteiger partial charge in [0.2, 0.25) is 0 Å². The lowest BCUT2D eigenvalue weighted by atomic mass is 9.18. The summed E-state index contributed by atoms with van der Waals surface area (Å²) in [7, 11) is 0. The van der Waals surface area contributed by atoms with E-state index in [9.17, 15) is 0 Å². The fraction of sp³-hybridized carbons (Fsp3) is 1.00. The molecule has 4 aliphatic rings. The summed E-state index contributed by atoms with van der Waals surface area (Å²) in [6, 6.07) is 0. The van der Waals surface area contributed by atoms with Gasteiger partial charge in [-0.05, 0) is 84.0 Å². The molecule has 4 rings (SSSR count). The smallest absolute Gasteiger partial charge is 0.00436 e. The highest BCUT2D eigenvalue weighted by molar-refractivity contribution is 5.31. The van der Waals surface area contributed by atoms with Gasteiger partial charge in [-0.1, -0.05) is 53.9 Å². The Morgan fingerprint density at radius 2 is 1.96 bits per heavy atom. The van der Waals surface area contributed by atoms with Crippen LogP contribution in [-0.4, -0.2) is 6.54 Å². The quantitative estimate of drug-likeness (QED) is 0.727. The fourth-order valence-electron chi connectivity index (χ4n) is 8.94. The van der Waals surface area contributed by atoms with E-state index in [1.54, 1.807) is 0 Å². The highest BCUT2D eigenvalue weighted by atomic mass is 14.9. The van der Waals surface area contributed by atoms with Gasteiger partial charge in [0.15, 0.2) is 0 Å². The summed E-state index contributed by atoms with van der Waals surface area (Å²) in [4.78, 5) is 0. The van der Waals surface area contributed by atoms with Crippen LogP contribution in [0.2, 0.25) is 0 Å². The zero-order valence-corrected chi connectivity index (χ0v) is 16.1. The van der Waals surface area contributed by atoms with Crippen molar-refractivity contribution in [1.29, 1.82) is 0 Å². The fourth-order valence-corrected chi connectivity index (χ4v) is 8.94. The molecule has 0 saturated heterocycles. The Kier molecular flexibility index (Phi) is 3.73. The number of nitrogens with two attached hydrogens (primary N) is 1. The van der Waals surface area contributed by atoms with E-state index in [0.717, 1.165) is 59.3 Å². The van der Waals surface area contributed by atoms with Crippen LogP contribution in [0.5, 0.6) is 0 Å². The molecule has 10 unspecified atom stereocenters. The van der Waals surface area contributed by atoms with Crippen LogP contribution in [0.25, 0.3) is 0 Å². The predicted molar refractivity (Wildman–Crippen MR) is 97.9 cm³/mol. The molecule has 1 heteroatoms. The molecule has 0 radical (unpaired) electrons. The van der Waals surface area contributed by atoms with E-state index in [4.69, 9.17) is 5.73 Å². The Labute approximate surface area is 144 Å². The molecule has 0 aliphatic heterocycles. The maximum Gasteiger partial charge on any atom is -0.00436 e. The molecule has 1 nitrogen and oxygen atoms in total. The molecule has 0 aromatic rings. The van der Waals surface area contributed by atoms with Crippen molar-refractivity contribution >= 4 is 0 Å². The zero-order valence-electron chi connectivity index (χ0n) is 16.1. The number of fused-ring (bicyclic) bond motifs is 5. The molecular formula is C22H39N. The number of hydrogen-bond acceptors (Lipinski definition) is 1. The van der Waals surface area contributed by atoms with Gasteiger partial charge in [-0.3, -0.25) is 0 Å². The molecule has 0 bridgehead atoms. The topological polar surface area (TPSA) is 26.0 Å². The molecule has 0 aromatic heterocycles. The van der Waals surface area contributed by atoms with Crippen LogP contribution in [-0.2, 0) is 0 Å². The van der Waals surface area contributed by atoms with Gasteiger partial charge in [-0.25, -0.2) is 0 Å². The van der Waals surface area contributed by atoms with Crippen molar-refractivity contribution in [2.24, 2.45) is 63.9 Å². The van der Waals surface area contributed by atoms with Crippen molar-refractivity contribution in [1.82, 2.24) is 0 Å². The number of rotatable bonds is 5. The highest BCUT2D eigenvalue weighted by Crippen LogP contribution is 2.89. The Bertz CT molecular complexity index is 473. The molecule has 2 N–H and O–H groups in total. The summed E-state index contributed by atoms with van der Waals surface area (Å²) < 4.78 is 0. The van der Waals surface area contributed by atoms with E-state index < -0.39 is 0 Å². The summed E-state index contributed by atoms with van der Waals surface area (Å²) >= 11 is 0. The van der Waals surface area contributed by atoms with Crippen molar-refractivity contribution < 1.29 is 0 Å². The van der Waals surface area contributed by atoms with E-state index in [0.29, 0.717) is 5.41 Å². The molecule has 4 saturated carbocycles. The van der Waals surface area contributed by atoms with E-state index in [1.165, 1.54) is 38.5 Å². The Morgan fingerprint density at radius 1 is 1.22 bits per heavy atom. The van der Waals surface area contributed by atoms with E-state index in [2.05, 4.69) is 34.6 Å². The predicted octanol–water partition coefficient (Wildman–Crippen LogP) is 5.34. The largest absolute Gasteiger partial charge is 0.330 e. The lowest BCUT2D eigenvalue weighted by molar-refractivity contribution is -0.394. The zero-order chi connectivity index (χ0) is 16.6. The van der Waals surface area contributed by atoms with Gasteiger partial charge in [0.1, 0.15) is 0 Å². The first-order valence-corrected chi connectivity index (χ1v) is 10.7. The first-order chi connectivity index (χ1) is 11.0. The van der Waals surface area contributed by atoms with Crippen LogP contribution in [0.4, 0.5) is 0 Å². The molecule has 4 fully saturated rings. The number of hydrogen-bond donors (Lipinski definition) is 1. The van der Waals surface area contributed by atoms with Crippen LogP contribution in [0.3, 0.4) is 0 Å². The molecule has 132 valence electrons. The van der Waals surface area contributed by atoms with Crippen molar-refractivity contribution in [3.8, 4) is 0 Å². The Hall–Kier alpha value is -0.0400. The third kappa shape index (κ3) is 1.69. The standard InChI is InChI=1S/C22H39N/c1-6-14(4)17(12-23)15-10-16-19(15)21(5)20(16)18(7-2)22(21)9-8-13(3)11-22/h13-20H,6-12,23H2,1-5H3. The summed E-state index contributed by atoms with van der Waals surface area (Å²) in [5.41, 5.74) is 7.66. The molecule has 0 aromatic carbocycles. The van der Waals surface area contributed by atoms with Crippen molar-refractivity contribution in [2.75, 3.05) is 6.54 Å². The maximum atomic E-state index is 6.25. The molecule has 0 heterocycles. The third-order valence-electron chi connectivity index (χ3n) is 9.96. The van der Waals surface area contributed by atoms with Gasteiger partial charge < -0.3 is 5.73 Å². The van der Waals surface area contributed by atoms with Crippen molar-refractivity contribution in [3.63, 3.8) is 0 Å². The van der Waals surface area contributed by atoms with Gasteiger partial charge in [0.25, 0.3) is 0 Å². The minimum atomic E-state index is 0.687. The lowest BCUT2D eigenvalue weighted by Crippen LogP contribution is -2.82. The molecule has 10 atom stereocenters. The second-order valence-corrected chi connectivity index (χ2v) is 10.2. The first-order valence-electron chi connectivity index (χ1n) is 10.7. The van der Waals surface area contributed by atoms with Gasteiger partial charge in [0.05, 0.1) is 0 Å². The van der Waals surface area contributed by atoms with Gasteiger partial charge >= 0.3 is 0 Å². The first kappa shape index (κ1) is 16.4. The maximum absolute atomic E-state index is 6.25. The van der Waals surface area contributed by atoms with E-state index in [1.807, 2.05) is 0 Å². The molecule has 0 amide bonds. The van der Waals surface area contributed by atoms with Crippen LogP contribution in [0.1, 0.15) is 73.1 Å². The van der Waals surface area contributed by atoms with Gasteiger partial charge in [-0.2, -0.15) is 0 Å². The Balaban J connectivity index is 1.59. The second kappa shape index (κ2) is 5.23.